The van der Waals surface area contributed by atoms with Gasteiger partial charge in [0.25, 0.3) is 5.91 Å². The summed E-state index contributed by atoms with van der Waals surface area (Å²) in [5.41, 5.74) is 2.42. The Balaban J connectivity index is 1.79. The average Bonchev–Trinajstić information content (AvgIpc) is 3.24. The minimum absolute atomic E-state index is 0.0233. The van der Waals surface area contributed by atoms with Crippen molar-refractivity contribution in [3.63, 3.8) is 0 Å². The Hall–Kier alpha value is -2.11. The maximum atomic E-state index is 12.8. The molecule has 0 spiro atoms. The van der Waals surface area contributed by atoms with Gasteiger partial charge < -0.3 is 9.42 Å². The van der Waals surface area contributed by atoms with Gasteiger partial charge in [0.15, 0.2) is 0 Å². The molecule has 0 saturated heterocycles. The Morgan fingerprint density at radius 2 is 2.18 bits per heavy atom. The number of rotatable bonds is 4. The second kappa shape index (κ2) is 6.34. The second-order valence-electron chi connectivity index (χ2n) is 6.05. The zero-order valence-electron chi connectivity index (χ0n) is 13.1. The lowest BCUT2D eigenvalue weighted by Crippen LogP contribution is -2.30. The molecule has 2 heterocycles. The number of carbonyl (C=O) groups is 1. The zero-order chi connectivity index (χ0) is 15.5. The fraction of sp³-hybridized carbons (Fsp3) is 0.562. The van der Waals surface area contributed by atoms with E-state index in [0.29, 0.717) is 11.5 Å². The van der Waals surface area contributed by atoms with E-state index in [1.165, 1.54) is 25.5 Å². The molecule has 1 N–H and O–H groups in total. The summed E-state index contributed by atoms with van der Waals surface area (Å²) in [4.78, 5) is 14.5. The minimum atomic E-state index is -0.139. The van der Waals surface area contributed by atoms with E-state index < -0.39 is 0 Å². The molecule has 6 heteroatoms. The van der Waals surface area contributed by atoms with Crippen molar-refractivity contribution in [2.75, 3.05) is 7.05 Å². The number of aromatic amines is 1. The van der Waals surface area contributed by atoms with Crippen LogP contribution in [0.25, 0.3) is 0 Å². The molecule has 2 aromatic heterocycles. The summed E-state index contributed by atoms with van der Waals surface area (Å²) >= 11 is 0. The molecule has 3 rings (SSSR count). The smallest absolute Gasteiger partial charge is 0.257 e. The van der Waals surface area contributed by atoms with Gasteiger partial charge in [-0.2, -0.15) is 5.10 Å². The maximum Gasteiger partial charge on any atom is 0.257 e. The highest BCUT2D eigenvalue weighted by Crippen LogP contribution is 2.34. The molecule has 0 bridgehead atoms. The third-order valence-electron chi connectivity index (χ3n) is 4.70. The summed E-state index contributed by atoms with van der Waals surface area (Å²) in [5.74, 6) is 0.399. The number of amides is 1. The molecule has 1 aliphatic rings. The van der Waals surface area contributed by atoms with Gasteiger partial charge in [0.1, 0.15) is 12.0 Å². The average molecular weight is 302 g/mol. The van der Waals surface area contributed by atoms with E-state index in [1.54, 1.807) is 24.2 Å². The summed E-state index contributed by atoms with van der Waals surface area (Å²) < 4.78 is 4.87. The number of H-pyrrole nitrogens is 1. The van der Waals surface area contributed by atoms with Crippen molar-refractivity contribution in [3.05, 3.63) is 35.5 Å². The molecule has 1 fully saturated rings. The first-order chi connectivity index (χ1) is 10.7. The Bertz CT molecular complexity index is 614. The van der Waals surface area contributed by atoms with Crippen molar-refractivity contribution >= 4 is 5.91 Å². The van der Waals surface area contributed by atoms with Crippen molar-refractivity contribution in [2.24, 2.45) is 0 Å². The number of nitrogens with zero attached hydrogens (tertiary/aromatic N) is 3. The molecular weight excluding hydrogens is 280 g/mol. The van der Waals surface area contributed by atoms with E-state index in [1.807, 2.05) is 6.92 Å². The fourth-order valence-electron chi connectivity index (χ4n) is 3.17. The van der Waals surface area contributed by atoms with Crippen LogP contribution >= 0.6 is 0 Å². The number of aromatic nitrogens is 3. The zero-order valence-corrected chi connectivity index (χ0v) is 13.1. The first kappa shape index (κ1) is 14.8. The quantitative estimate of drug-likeness (QED) is 0.940. The van der Waals surface area contributed by atoms with E-state index in [4.69, 9.17) is 4.52 Å². The largest absolute Gasteiger partial charge is 0.364 e. The van der Waals surface area contributed by atoms with Crippen LogP contribution in [0.1, 0.15) is 72.7 Å². The van der Waals surface area contributed by atoms with Crippen LogP contribution in [0.4, 0.5) is 0 Å². The number of hydrogen-bond donors (Lipinski definition) is 1. The summed E-state index contributed by atoms with van der Waals surface area (Å²) in [7, 11) is 1.79. The van der Waals surface area contributed by atoms with Crippen molar-refractivity contribution in [1.82, 2.24) is 20.3 Å². The van der Waals surface area contributed by atoms with Crippen molar-refractivity contribution in [1.29, 1.82) is 0 Å². The number of nitrogens with one attached hydrogen (secondary N) is 1. The molecule has 1 aliphatic carbocycles. The molecule has 0 aliphatic heterocycles. The van der Waals surface area contributed by atoms with Crippen LogP contribution in [0.5, 0.6) is 0 Å². The highest BCUT2D eigenvalue weighted by atomic mass is 16.5. The van der Waals surface area contributed by atoms with Crippen LogP contribution in [0, 0.1) is 0 Å². The van der Waals surface area contributed by atoms with E-state index in [0.717, 1.165) is 24.2 Å². The highest BCUT2D eigenvalue weighted by molar-refractivity contribution is 5.95. The van der Waals surface area contributed by atoms with Gasteiger partial charge in [-0.1, -0.05) is 24.4 Å². The molecule has 6 nitrogen and oxygen atoms in total. The van der Waals surface area contributed by atoms with E-state index in [2.05, 4.69) is 15.4 Å². The van der Waals surface area contributed by atoms with Gasteiger partial charge in [-0.3, -0.25) is 9.89 Å². The molecule has 22 heavy (non-hydrogen) atoms. The number of hydrogen-bond acceptors (Lipinski definition) is 4. The lowest BCUT2D eigenvalue weighted by molar-refractivity contribution is 0.0735. The molecule has 1 amide bonds. The van der Waals surface area contributed by atoms with E-state index in [-0.39, 0.29) is 11.9 Å². The molecule has 2 aromatic rings. The van der Waals surface area contributed by atoms with Gasteiger partial charge in [-0.15, -0.1) is 0 Å². The Kier molecular flexibility index (Phi) is 4.27. The summed E-state index contributed by atoms with van der Waals surface area (Å²) in [5, 5.41) is 11.1. The first-order valence-corrected chi connectivity index (χ1v) is 7.89. The molecular formula is C16H22N4O2. The topological polar surface area (TPSA) is 75.0 Å². The van der Waals surface area contributed by atoms with Gasteiger partial charge in [-0.05, 0) is 19.8 Å². The van der Waals surface area contributed by atoms with Crippen LogP contribution in [0.15, 0.2) is 23.0 Å². The summed E-state index contributed by atoms with van der Waals surface area (Å²) in [6.07, 6.45) is 9.17. The lowest BCUT2D eigenvalue weighted by Gasteiger charge is -2.25. The third kappa shape index (κ3) is 2.77. The van der Waals surface area contributed by atoms with Crippen molar-refractivity contribution in [3.8, 4) is 0 Å². The number of carbonyl (C=O) groups excluding carboxylic acids is 1. The summed E-state index contributed by atoms with van der Waals surface area (Å²) in [6, 6.07) is 1.65. The van der Waals surface area contributed by atoms with Crippen LogP contribution in [0.2, 0.25) is 0 Å². The van der Waals surface area contributed by atoms with E-state index in [9.17, 15) is 4.79 Å². The Labute approximate surface area is 129 Å². The van der Waals surface area contributed by atoms with Crippen molar-refractivity contribution < 1.29 is 9.32 Å². The molecule has 1 saturated carbocycles. The second-order valence-corrected chi connectivity index (χ2v) is 6.05. The van der Waals surface area contributed by atoms with Gasteiger partial charge in [-0.25, -0.2) is 0 Å². The van der Waals surface area contributed by atoms with Crippen LogP contribution in [-0.2, 0) is 0 Å². The summed E-state index contributed by atoms with van der Waals surface area (Å²) in [6.45, 7) is 1.94. The van der Waals surface area contributed by atoms with E-state index >= 15 is 0 Å². The Morgan fingerprint density at radius 1 is 1.41 bits per heavy atom. The maximum absolute atomic E-state index is 12.8. The normalized spacial score (nSPS) is 17.4. The predicted molar refractivity (Wildman–Crippen MR) is 81.4 cm³/mol. The van der Waals surface area contributed by atoms with Gasteiger partial charge in [0, 0.05) is 19.0 Å². The molecule has 1 atom stereocenters. The molecule has 118 valence electrons. The monoisotopic (exact) mass is 302 g/mol. The standard InChI is InChI=1S/C16H22N4O2/c1-11(14-8-9-22-19-14)20(2)16(21)13-10-17-18-15(13)12-6-4-3-5-7-12/h8-12H,3-7H2,1-2H3,(H,17,18)/t11-/m1/s1. The van der Waals surface area contributed by atoms with Gasteiger partial charge >= 0.3 is 0 Å². The minimum Gasteiger partial charge on any atom is -0.364 e. The Morgan fingerprint density at radius 3 is 2.86 bits per heavy atom. The van der Waals surface area contributed by atoms with Crippen LogP contribution < -0.4 is 0 Å². The predicted octanol–water partition coefficient (Wildman–Crippen LogP) is 3.28. The highest BCUT2D eigenvalue weighted by Gasteiger charge is 2.27. The van der Waals surface area contributed by atoms with Crippen molar-refractivity contribution in [2.45, 2.75) is 51.0 Å². The molecule has 0 unspecified atom stereocenters. The molecule has 0 aromatic carbocycles. The van der Waals surface area contributed by atoms with Gasteiger partial charge in [0.05, 0.1) is 23.5 Å². The van der Waals surface area contributed by atoms with Gasteiger partial charge in [0.2, 0.25) is 0 Å². The molecule has 0 radical (unpaired) electrons. The fourth-order valence-corrected chi connectivity index (χ4v) is 3.17. The lowest BCUT2D eigenvalue weighted by atomic mass is 9.85. The van der Waals surface area contributed by atoms with Crippen LogP contribution in [-0.4, -0.2) is 33.2 Å². The third-order valence-corrected chi connectivity index (χ3v) is 4.70. The van der Waals surface area contributed by atoms with Crippen LogP contribution in [0.3, 0.4) is 0 Å². The first-order valence-electron chi connectivity index (χ1n) is 7.89. The SMILES string of the molecule is C[C@H](c1ccon1)N(C)C(=O)c1cn[nH]c1C1CCCCC1.